The van der Waals surface area contributed by atoms with Crippen LogP contribution in [0.15, 0.2) is 0 Å². The van der Waals surface area contributed by atoms with Gasteiger partial charge in [0.05, 0.1) is 0 Å². The molecule has 1 heterocycles. The lowest BCUT2D eigenvalue weighted by Crippen LogP contribution is -2.59. The molecule has 3 fully saturated rings. The van der Waals surface area contributed by atoms with E-state index in [0.717, 1.165) is 57.8 Å². The largest absolute Gasteiger partial charge is 0.480 e. The van der Waals surface area contributed by atoms with E-state index in [-0.39, 0.29) is 0 Å². The van der Waals surface area contributed by atoms with E-state index < -0.39 is 11.5 Å². The molecular weight excluding hydrogens is 266 g/mol. The molecular formula is C16H29N3O2. The number of nitrogens with one attached hydrogen (secondary N) is 1. The summed E-state index contributed by atoms with van der Waals surface area (Å²) >= 11 is 0. The monoisotopic (exact) mass is 295 g/mol. The number of aliphatic carboxylic acids is 1. The Labute approximate surface area is 127 Å². The van der Waals surface area contributed by atoms with E-state index in [0.29, 0.717) is 6.04 Å². The summed E-state index contributed by atoms with van der Waals surface area (Å²) in [5.41, 5.74) is -0.700. The Hall–Kier alpha value is -0.650. The summed E-state index contributed by atoms with van der Waals surface area (Å²) in [6, 6.07) is 0.436. The van der Waals surface area contributed by atoms with Gasteiger partial charge in [-0.3, -0.25) is 9.69 Å². The second-order valence-corrected chi connectivity index (χ2v) is 7.17. The average molecular weight is 295 g/mol. The molecule has 3 aliphatic rings. The lowest BCUT2D eigenvalue weighted by atomic mass is 9.78. The lowest BCUT2D eigenvalue weighted by Gasteiger charge is -2.45. The first-order chi connectivity index (χ1) is 10.1. The molecule has 2 aliphatic carbocycles. The van der Waals surface area contributed by atoms with E-state index in [1.54, 1.807) is 7.05 Å². The van der Waals surface area contributed by atoms with Gasteiger partial charge in [-0.1, -0.05) is 0 Å². The Morgan fingerprint density at radius 3 is 2.52 bits per heavy atom. The minimum Gasteiger partial charge on any atom is -0.480 e. The molecule has 2 atom stereocenters. The second kappa shape index (κ2) is 6.23. The van der Waals surface area contributed by atoms with Gasteiger partial charge in [-0.2, -0.15) is 0 Å². The predicted molar refractivity (Wildman–Crippen MR) is 82.4 cm³/mol. The van der Waals surface area contributed by atoms with Crippen LogP contribution in [0.2, 0.25) is 0 Å². The SMILES string of the molecule is CNC1(C(=O)O)CCCC(N2CCN(CC3CC3)CC2)C1. The molecule has 0 amide bonds. The Bertz CT molecular complexity index is 378. The summed E-state index contributed by atoms with van der Waals surface area (Å²) < 4.78 is 0. The Morgan fingerprint density at radius 1 is 1.24 bits per heavy atom. The zero-order valence-corrected chi connectivity index (χ0v) is 13.2. The van der Waals surface area contributed by atoms with E-state index in [1.165, 1.54) is 19.4 Å². The first-order valence-electron chi connectivity index (χ1n) is 8.52. The van der Waals surface area contributed by atoms with Crippen LogP contribution in [0, 0.1) is 5.92 Å². The fourth-order valence-electron chi connectivity index (χ4n) is 4.06. The van der Waals surface area contributed by atoms with Gasteiger partial charge in [-0.05, 0) is 51.5 Å². The summed E-state index contributed by atoms with van der Waals surface area (Å²) in [5.74, 6) is 0.289. The van der Waals surface area contributed by atoms with Gasteiger partial charge in [0.15, 0.2) is 0 Å². The smallest absolute Gasteiger partial charge is 0.323 e. The van der Waals surface area contributed by atoms with Crippen molar-refractivity contribution in [2.75, 3.05) is 39.8 Å². The van der Waals surface area contributed by atoms with Crippen LogP contribution in [0.3, 0.4) is 0 Å². The average Bonchev–Trinajstić information content (AvgIpc) is 3.32. The summed E-state index contributed by atoms with van der Waals surface area (Å²) in [4.78, 5) is 16.8. The molecule has 2 N–H and O–H groups in total. The van der Waals surface area contributed by atoms with Crippen molar-refractivity contribution in [3.63, 3.8) is 0 Å². The maximum Gasteiger partial charge on any atom is 0.323 e. The number of likely N-dealkylation sites (N-methyl/N-ethyl adjacent to an activating group) is 1. The van der Waals surface area contributed by atoms with Crippen molar-refractivity contribution in [2.24, 2.45) is 5.92 Å². The summed E-state index contributed by atoms with van der Waals surface area (Å²) in [5, 5.41) is 12.7. The van der Waals surface area contributed by atoms with Crippen molar-refractivity contribution in [3.8, 4) is 0 Å². The summed E-state index contributed by atoms with van der Waals surface area (Å²) in [7, 11) is 1.80. The van der Waals surface area contributed by atoms with Crippen molar-refractivity contribution in [1.82, 2.24) is 15.1 Å². The molecule has 3 rings (SSSR count). The minimum atomic E-state index is -0.700. The maximum absolute atomic E-state index is 11.6. The third kappa shape index (κ3) is 3.41. The van der Waals surface area contributed by atoms with Crippen LogP contribution in [0.25, 0.3) is 0 Å². The fraction of sp³-hybridized carbons (Fsp3) is 0.938. The molecule has 1 aliphatic heterocycles. The Morgan fingerprint density at radius 2 is 1.95 bits per heavy atom. The van der Waals surface area contributed by atoms with Gasteiger partial charge >= 0.3 is 5.97 Å². The van der Waals surface area contributed by atoms with E-state index in [2.05, 4.69) is 15.1 Å². The minimum absolute atomic E-state index is 0.436. The van der Waals surface area contributed by atoms with Crippen LogP contribution >= 0.6 is 0 Å². The topological polar surface area (TPSA) is 55.8 Å². The maximum atomic E-state index is 11.6. The van der Waals surface area contributed by atoms with Crippen LogP contribution in [0.1, 0.15) is 38.5 Å². The fourth-order valence-corrected chi connectivity index (χ4v) is 4.06. The van der Waals surface area contributed by atoms with Gasteiger partial charge < -0.3 is 15.3 Å². The molecule has 0 radical (unpaired) electrons. The van der Waals surface area contributed by atoms with Gasteiger partial charge in [0.1, 0.15) is 5.54 Å². The van der Waals surface area contributed by atoms with Crippen molar-refractivity contribution in [1.29, 1.82) is 0 Å². The Balaban J connectivity index is 1.53. The zero-order chi connectivity index (χ0) is 14.9. The Kier molecular flexibility index (Phi) is 4.52. The van der Waals surface area contributed by atoms with Crippen molar-refractivity contribution >= 4 is 5.97 Å². The molecule has 0 aromatic rings. The number of carboxylic acid groups (broad SMARTS) is 1. The quantitative estimate of drug-likeness (QED) is 0.792. The number of piperazine rings is 1. The third-order valence-electron chi connectivity index (χ3n) is 5.75. The third-order valence-corrected chi connectivity index (χ3v) is 5.75. The van der Waals surface area contributed by atoms with Gasteiger partial charge in [-0.25, -0.2) is 0 Å². The number of hydrogen-bond donors (Lipinski definition) is 2. The van der Waals surface area contributed by atoms with E-state index in [1.807, 2.05) is 0 Å². The highest BCUT2D eigenvalue weighted by Crippen LogP contribution is 2.33. The molecule has 0 aromatic carbocycles. The summed E-state index contributed by atoms with van der Waals surface area (Å²) in [6.45, 7) is 5.82. The van der Waals surface area contributed by atoms with Crippen molar-refractivity contribution in [2.45, 2.75) is 50.1 Å². The zero-order valence-electron chi connectivity index (χ0n) is 13.2. The van der Waals surface area contributed by atoms with Gasteiger partial charge in [0, 0.05) is 38.8 Å². The standard InChI is InChI=1S/C16H29N3O2/c1-17-16(15(20)21)6-2-3-14(11-16)19-9-7-18(8-10-19)12-13-4-5-13/h13-14,17H,2-12H2,1H3,(H,20,21). The molecule has 2 saturated carbocycles. The molecule has 0 aromatic heterocycles. The first kappa shape index (κ1) is 15.3. The van der Waals surface area contributed by atoms with Crippen molar-refractivity contribution < 1.29 is 9.90 Å². The number of rotatable bonds is 5. The van der Waals surface area contributed by atoms with Gasteiger partial charge in [0.2, 0.25) is 0 Å². The number of nitrogens with zero attached hydrogens (tertiary/aromatic N) is 2. The highest BCUT2D eigenvalue weighted by Gasteiger charge is 2.43. The van der Waals surface area contributed by atoms with Crippen LogP contribution in [-0.2, 0) is 4.79 Å². The van der Waals surface area contributed by atoms with Gasteiger partial charge in [-0.15, -0.1) is 0 Å². The first-order valence-corrected chi connectivity index (χ1v) is 8.52. The number of hydrogen-bond acceptors (Lipinski definition) is 4. The van der Waals surface area contributed by atoms with Crippen LogP contribution in [0.5, 0.6) is 0 Å². The number of carboxylic acids is 1. The molecule has 120 valence electrons. The molecule has 0 bridgehead atoms. The van der Waals surface area contributed by atoms with Gasteiger partial charge in [0.25, 0.3) is 0 Å². The highest BCUT2D eigenvalue weighted by atomic mass is 16.4. The predicted octanol–water partition coefficient (Wildman–Crippen LogP) is 0.999. The molecule has 21 heavy (non-hydrogen) atoms. The van der Waals surface area contributed by atoms with Crippen LogP contribution < -0.4 is 5.32 Å². The number of carbonyl (C=O) groups is 1. The second-order valence-electron chi connectivity index (χ2n) is 7.17. The molecule has 5 nitrogen and oxygen atoms in total. The normalized spacial score (nSPS) is 35.8. The summed E-state index contributed by atoms with van der Waals surface area (Å²) in [6.07, 6.45) is 6.52. The van der Waals surface area contributed by atoms with Crippen LogP contribution in [0.4, 0.5) is 0 Å². The van der Waals surface area contributed by atoms with E-state index in [9.17, 15) is 9.90 Å². The van der Waals surface area contributed by atoms with E-state index in [4.69, 9.17) is 0 Å². The van der Waals surface area contributed by atoms with E-state index >= 15 is 0 Å². The molecule has 0 spiro atoms. The molecule has 2 unspecified atom stereocenters. The highest BCUT2D eigenvalue weighted by molar-refractivity contribution is 5.79. The van der Waals surface area contributed by atoms with Crippen LogP contribution in [-0.4, -0.2) is 72.2 Å². The lowest BCUT2D eigenvalue weighted by molar-refractivity contribution is -0.147. The molecule has 5 heteroatoms. The van der Waals surface area contributed by atoms with Crippen molar-refractivity contribution in [3.05, 3.63) is 0 Å². The molecule has 1 saturated heterocycles.